The third kappa shape index (κ3) is 7.14. The largest absolute Gasteiger partial charge is 0.396 e. The lowest BCUT2D eigenvalue weighted by Gasteiger charge is -2.35. The first kappa shape index (κ1) is 18.2. The van der Waals surface area contributed by atoms with E-state index >= 15 is 0 Å². The third-order valence-electron chi connectivity index (χ3n) is 4.50. The Kier molecular flexibility index (Phi) is 8.69. The molecule has 5 heteroatoms. The Morgan fingerprint density at radius 2 is 1.95 bits per heavy atom. The molecule has 0 aromatic heterocycles. The van der Waals surface area contributed by atoms with Gasteiger partial charge in [-0.15, -0.1) is 0 Å². The molecule has 1 saturated carbocycles. The number of carbonyl (C=O) groups is 1. The molecule has 21 heavy (non-hydrogen) atoms. The van der Waals surface area contributed by atoms with Crippen LogP contribution >= 0.6 is 0 Å². The van der Waals surface area contributed by atoms with Crippen LogP contribution in [0.25, 0.3) is 0 Å². The van der Waals surface area contributed by atoms with Gasteiger partial charge in [-0.2, -0.15) is 0 Å². The second-order valence-electron chi connectivity index (χ2n) is 6.55. The highest BCUT2D eigenvalue weighted by Gasteiger charge is 2.25. The lowest BCUT2D eigenvalue weighted by atomic mass is 9.83. The predicted octanol–water partition coefficient (Wildman–Crippen LogP) is 1.96. The zero-order valence-electron chi connectivity index (χ0n) is 13.9. The minimum Gasteiger partial charge on any atom is -0.396 e. The topological polar surface area (TPSA) is 64.6 Å². The van der Waals surface area contributed by atoms with Gasteiger partial charge in [-0.3, -0.25) is 0 Å². The normalized spacial score (nSPS) is 19.3. The van der Waals surface area contributed by atoms with Crippen molar-refractivity contribution in [2.75, 3.05) is 27.2 Å². The van der Waals surface area contributed by atoms with Gasteiger partial charge in [0, 0.05) is 25.2 Å². The molecule has 0 aliphatic heterocycles. The van der Waals surface area contributed by atoms with Gasteiger partial charge >= 0.3 is 6.03 Å². The summed E-state index contributed by atoms with van der Waals surface area (Å²) in [6, 6.07) is 0.427. The number of amides is 2. The molecule has 1 aliphatic rings. The smallest absolute Gasteiger partial charge is 0.315 e. The number of aliphatic hydroxyl groups excluding tert-OH is 1. The standard InChI is InChI=1S/C16H33N3O2/c1-13(8-7-11-20)18-16(21)17-12-15(19(2)3)14-9-5-4-6-10-14/h13-15,20H,4-12H2,1-3H3,(H2,17,18,21). The number of hydrogen-bond donors (Lipinski definition) is 3. The molecular weight excluding hydrogens is 266 g/mol. The van der Waals surface area contributed by atoms with Gasteiger partial charge in [0.05, 0.1) is 0 Å². The average Bonchev–Trinajstić information content (AvgIpc) is 2.46. The summed E-state index contributed by atoms with van der Waals surface area (Å²) in [5.74, 6) is 0.695. The van der Waals surface area contributed by atoms with Crippen molar-refractivity contribution in [3.8, 4) is 0 Å². The van der Waals surface area contributed by atoms with Crippen molar-refractivity contribution in [3.63, 3.8) is 0 Å². The highest BCUT2D eigenvalue weighted by molar-refractivity contribution is 5.74. The lowest BCUT2D eigenvalue weighted by molar-refractivity contribution is 0.165. The summed E-state index contributed by atoms with van der Waals surface area (Å²) in [5.41, 5.74) is 0. The summed E-state index contributed by atoms with van der Waals surface area (Å²) < 4.78 is 0. The second kappa shape index (κ2) is 10.0. The molecule has 2 atom stereocenters. The van der Waals surface area contributed by atoms with E-state index in [0.29, 0.717) is 18.5 Å². The van der Waals surface area contributed by atoms with E-state index in [1.807, 2.05) is 6.92 Å². The molecule has 2 unspecified atom stereocenters. The van der Waals surface area contributed by atoms with Crippen molar-refractivity contribution in [2.24, 2.45) is 5.92 Å². The maximum absolute atomic E-state index is 11.9. The van der Waals surface area contributed by atoms with Gasteiger partial charge in [0.1, 0.15) is 0 Å². The van der Waals surface area contributed by atoms with Crippen molar-refractivity contribution in [1.29, 1.82) is 0 Å². The van der Waals surface area contributed by atoms with Crippen molar-refractivity contribution in [1.82, 2.24) is 15.5 Å². The minimum atomic E-state index is -0.0944. The van der Waals surface area contributed by atoms with Crippen molar-refractivity contribution in [3.05, 3.63) is 0 Å². The van der Waals surface area contributed by atoms with Crippen LogP contribution in [-0.2, 0) is 0 Å². The van der Waals surface area contributed by atoms with E-state index in [1.54, 1.807) is 0 Å². The molecule has 2 amide bonds. The number of hydrogen-bond acceptors (Lipinski definition) is 3. The van der Waals surface area contributed by atoms with Crippen LogP contribution in [-0.4, -0.2) is 55.4 Å². The summed E-state index contributed by atoms with van der Waals surface area (Å²) in [4.78, 5) is 14.2. The monoisotopic (exact) mass is 299 g/mol. The molecule has 0 aromatic carbocycles. The first-order chi connectivity index (χ1) is 10.0. The summed E-state index contributed by atoms with van der Waals surface area (Å²) in [5, 5.41) is 14.7. The number of nitrogens with one attached hydrogen (secondary N) is 2. The summed E-state index contributed by atoms with van der Waals surface area (Å²) in [7, 11) is 4.20. The highest BCUT2D eigenvalue weighted by atomic mass is 16.3. The lowest BCUT2D eigenvalue weighted by Crippen LogP contribution is -2.49. The Morgan fingerprint density at radius 3 is 2.52 bits per heavy atom. The van der Waals surface area contributed by atoms with Gasteiger partial charge < -0.3 is 20.6 Å². The molecule has 0 saturated heterocycles. The SMILES string of the molecule is CC(CCCO)NC(=O)NCC(C1CCCCC1)N(C)C. The van der Waals surface area contributed by atoms with E-state index < -0.39 is 0 Å². The third-order valence-corrected chi connectivity index (χ3v) is 4.50. The van der Waals surface area contributed by atoms with Gasteiger partial charge in [-0.25, -0.2) is 4.79 Å². The average molecular weight is 299 g/mol. The summed E-state index contributed by atoms with van der Waals surface area (Å²) in [6.07, 6.45) is 8.08. The maximum Gasteiger partial charge on any atom is 0.315 e. The van der Waals surface area contributed by atoms with Gasteiger partial charge in [-0.05, 0) is 52.6 Å². The zero-order valence-corrected chi connectivity index (χ0v) is 13.9. The molecule has 0 heterocycles. The van der Waals surface area contributed by atoms with Crippen LogP contribution in [0.1, 0.15) is 51.9 Å². The number of nitrogens with zero attached hydrogens (tertiary/aromatic N) is 1. The van der Waals surface area contributed by atoms with Gasteiger partial charge in [0.15, 0.2) is 0 Å². The van der Waals surface area contributed by atoms with Gasteiger partial charge in [-0.1, -0.05) is 19.3 Å². The number of carbonyl (C=O) groups excluding carboxylic acids is 1. The van der Waals surface area contributed by atoms with Crippen molar-refractivity contribution >= 4 is 6.03 Å². The van der Waals surface area contributed by atoms with E-state index in [4.69, 9.17) is 5.11 Å². The summed E-state index contributed by atoms with van der Waals surface area (Å²) >= 11 is 0. The van der Waals surface area contributed by atoms with Crippen LogP contribution in [0.4, 0.5) is 4.79 Å². The number of aliphatic hydroxyl groups is 1. The molecular formula is C16H33N3O2. The molecule has 124 valence electrons. The van der Waals surface area contributed by atoms with E-state index in [9.17, 15) is 4.79 Å². The van der Waals surface area contributed by atoms with Crippen LogP contribution in [0.5, 0.6) is 0 Å². The quantitative estimate of drug-likeness (QED) is 0.642. The fourth-order valence-electron chi connectivity index (χ4n) is 3.23. The van der Waals surface area contributed by atoms with Crippen molar-refractivity contribution in [2.45, 2.75) is 64.0 Å². The molecule has 1 rings (SSSR count). The molecule has 3 N–H and O–H groups in total. The van der Waals surface area contributed by atoms with Gasteiger partial charge in [0.25, 0.3) is 0 Å². The minimum absolute atomic E-state index is 0.0944. The zero-order chi connectivity index (χ0) is 15.7. The molecule has 0 bridgehead atoms. The van der Waals surface area contributed by atoms with E-state index in [0.717, 1.165) is 12.8 Å². The fourth-order valence-corrected chi connectivity index (χ4v) is 3.23. The first-order valence-electron chi connectivity index (χ1n) is 8.36. The Balaban J connectivity index is 2.33. The van der Waals surface area contributed by atoms with Crippen LogP contribution in [0, 0.1) is 5.92 Å². The molecule has 1 fully saturated rings. The maximum atomic E-state index is 11.9. The van der Waals surface area contributed by atoms with Crippen LogP contribution in [0.2, 0.25) is 0 Å². The Bertz CT molecular complexity index is 291. The number of urea groups is 1. The summed E-state index contributed by atoms with van der Waals surface area (Å²) in [6.45, 7) is 2.86. The first-order valence-corrected chi connectivity index (χ1v) is 8.36. The van der Waals surface area contributed by atoms with Crippen LogP contribution in [0.3, 0.4) is 0 Å². The van der Waals surface area contributed by atoms with Crippen molar-refractivity contribution < 1.29 is 9.90 Å². The molecule has 0 spiro atoms. The number of rotatable bonds is 8. The Labute approximate surface area is 129 Å². The fraction of sp³-hybridized carbons (Fsp3) is 0.938. The molecule has 5 nitrogen and oxygen atoms in total. The van der Waals surface area contributed by atoms with Crippen LogP contribution in [0.15, 0.2) is 0 Å². The second-order valence-corrected chi connectivity index (χ2v) is 6.55. The van der Waals surface area contributed by atoms with E-state index in [1.165, 1.54) is 32.1 Å². The van der Waals surface area contributed by atoms with Crippen LogP contribution < -0.4 is 10.6 Å². The Morgan fingerprint density at radius 1 is 1.29 bits per heavy atom. The highest BCUT2D eigenvalue weighted by Crippen LogP contribution is 2.27. The van der Waals surface area contributed by atoms with E-state index in [-0.39, 0.29) is 18.7 Å². The predicted molar refractivity (Wildman–Crippen MR) is 86.4 cm³/mol. The molecule has 0 aromatic rings. The number of likely N-dealkylation sites (N-methyl/N-ethyl adjacent to an activating group) is 1. The Hall–Kier alpha value is -0.810. The molecule has 1 aliphatic carbocycles. The molecule has 0 radical (unpaired) electrons. The van der Waals surface area contributed by atoms with E-state index in [2.05, 4.69) is 29.6 Å². The van der Waals surface area contributed by atoms with Gasteiger partial charge in [0.2, 0.25) is 0 Å².